The quantitative estimate of drug-likeness (QED) is 0.0707. The van der Waals surface area contributed by atoms with Gasteiger partial charge in [0.15, 0.2) is 6.10 Å². The molecular weight excluding hydrogens is 913 g/mol. The number of benzene rings is 1. The number of rotatable bonds is 6. The van der Waals surface area contributed by atoms with Gasteiger partial charge in [0.05, 0.1) is 48.8 Å². The minimum absolute atomic E-state index is 0.103. The predicted molar refractivity (Wildman–Crippen MR) is 234 cm³/mol. The highest BCUT2D eigenvalue weighted by atomic mass is 32.3. The molecule has 68 heavy (non-hydrogen) atoms. The van der Waals surface area contributed by atoms with Gasteiger partial charge in [-0.25, -0.2) is 8.98 Å². The van der Waals surface area contributed by atoms with E-state index in [1.165, 1.54) is 13.0 Å². The summed E-state index contributed by atoms with van der Waals surface area (Å²) >= 11 is 0. The van der Waals surface area contributed by atoms with Crippen molar-refractivity contribution in [2.24, 2.45) is 17.8 Å². The Morgan fingerprint density at radius 3 is 2.38 bits per heavy atom. The lowest BCUT2D eigenvalue weighted by atomic mass is 9.61. The molecule has 9 aliphatic rings. The van der Waals surface area contributed by atoms with Gasteiger partial charge >= 0.3 is 16.4 Å². The van der Waals surface area contributed by atoms with Gasteiger partial charge < -0.3 is 68.5 Å². The van der Waals surface area contributed by atoms with E-state index < -0.39 is 138 Å². The summed E-state index contributed by atoms with van der Waals surface area (Å²) in [5.41, 5.74) is 0.132. The molecule has 0 radical (unpaired) electrons. The van der Waals surface area contributed by atoms with Crippen molar-refractivity contribution in [3.63, 3.8) is 0 Å². The number of aryl methyl sites for hydroxylation is 1. The number of ether oxygens (including phenoxy) is 8. The highest BCUT2D eigenvalue weighted by molar-refractivity contribution is 7.80. The lowest BCUT2D eigenvalue weighted by molar-refractivity contribution is -0.394. The van der Waals surface area contributed by atoms with Gasteiger partial charge in [0.25, 0.3) is 0 Å². The van der Waals surface area contributed by atoms with E-state index in [1.54, 1.807) is 12.1 Å². The monoisotopic (exact) mass is 976 g/mol. The molecule has 8 heterocycles. The van der Waals surface area contributed by atoms with E-state index in [4.69, 9.17) is 42.1 Å². The molecule has 8 aliphatic heterocycles. The molecule has 1 aromatic carbocycles. The second-order valence-electron chi connectivity index (χ2n) is 20.7. The Kier molecular flexibility index (Phi) is 13.1. The zero-order chi connectivity index (χ0) is 48.2. The molecule has 20 heteroatoms. The summed E-state index contributed by atoms with van der Waals surface area (Å²) < 4.78 is 90.4. The molecule has 376 valence electrons. The van der Waals surface area contributed by atoms with E-state index in [2.05, 4.69) is 6.58 Å². The molecule has 0 aromatic heterocycles. The highest BCUT2D eigenvalue weighted by Gasteiger charge is 2.69. The Labute approximate surface area is 394 Å². The largest absolute Gasteiger partial charge is 0.507 e. The minimum Gasteiger partial charge on any atom is -0.507 e. The Hall–Kier alpha value is -2.90. The number of epoxide rings is 1. The molecule has 11 bridgehead atoms. The van der Waals surface area contributed by atoms with Crippen molar-refractivity contribution in [3.05, 3.63) is 65.3 Å². The number of hydrogen-bond donors (Lipinski definition) is 7. The lowest BCUT2D eigenvalue weighted by Gasteiger charge is -2.58. The Bertz CT molecular complexity index is 2270. The summed E-state index contributed by atoms with van der Waals surface area (Å²) in [7, 11) is -4.99. The fraction of sp³-hybridized carbons (Fsp3) is 0.729. The molecular formula is C48H64O19S. The fourth-order valence-corrected chi connectivity index (χ4v) is 13.2. The van der Waals surface area contributed by atoms with Crippen LogP contribution in [-0.2, 0) is 63.1 Å². The van der Waals surface area contributed by atoms with Crippen molar-refractivity contribution < 1.29 is 90.5 Å². The summed E-state index contributed by atoms with van der Waals surface area (Å²) in [6.07, 6.45) is -6.17. The molecule has 7 N–H and O–H groups in total. The number of aliphatic hydroxyl groups is 5. The van der Waals surface area contributed by atoms with Crippen molar-refractivity contribution in [2.45, 2.75) is 194 Å². The number of hydrogen-bond acceptors (Lipinski definition) is 18. The van der Waals surface area contributed by atoms with E-state index >= 15 is 0 Å². The predicted octanol–water partition coefficient (Wildman–Crippen LogP) is 2.16. The number of carbonyl (C=O) groups is 1. The van der Waals surface area contributed by atoms with E-state index in [9.17, 15) is 48.4 Å². The van der Waals surface area contributed by atoms with Gasteiger partial charge in [-0.05, 0) is 92.5 Å². The van der Waals surface area contributed by atoms with Gasteiger partial charge in [0, 0.05) is 18.8 Å². The van der Waals surface area contributed by atoms with Crippen LogP contribution in [0.15, 0.2) is 48.6 Å². The first-order valence-corrected chi connectivity index (χ1v) is 25.4. The zero-order valence-electron chi connectivity index (χ0n) is 38.2. The normalized spacial score (nSPS) is 46.4. The van der Waals surface area contributed by atoms with Crippen molar-refractivity contribution in [2.75, 3.05) is 6.61 Å². The topological polar surface area (TPSA) is 279 Å². The molecule has 10 rings (SSSR count). The number of carbonyl (C=O) groups excluding carboxylic acids is 1. The van der Waals surface area contributed by atoms with Crippen LogP contribution in [0.2, 0.25) is 0 Å². The number of fused-ring (bicyclic) bond motifs is 19. The number of aliphatic hydroxyl groups excluding tert-OH is 4. The second-order valence-corrected chi connectivity index (χ2v) is 21.7. The Balaban J connectivity index is 1.01. The second kappa shape index (κ2) is 18.3. The minimum atomic E-state index is -4.99. The van der Waals surface area contributed by atoms with Crippen molar-refractivity contribution in [1.82, 2.24) is 0 Å². The molecule has 1 unspecified atom stereocenters. The first-order chi connectivity index (χ1) is 32.3. The maximum Gasteiger partial charge on any atom is 0.397 e. The third-order valence-corrected chi connectivity index (χ3v) is 16.5. The van der Waals surface area contributed by atoms with Crippen molar-refractivity contribution in [1.29, 1.82) is 0 Å². The maximum atomic E-state index is 14.3. The van der Waals surface area contributed by atoms with Crippen LogP contribution in [0.5, 0.6) is 5.75 Å². The summed E-state index contributed by atoms with van der Waals surface area (Å²) in [4.78, 5) is 14.3. The van der Waals surface area contributed by atoms with Crippen molar-refractivity contribution in [3.8, 4) is 5.75 Å². The molecule has 1 saturated carbocycles. The average molecular weight is 977 g/mol. The maximum absolute atomic E-state index is 14.3. The van der Waals surface area contributed by atoms with E-state index in [0.29, 0.717) is 43.2 Å². The summed E-state index contributed by atoms with van der Waals surface area (Å²) in [5.74, 6) is -4.80. The van der Waals surface area contributed by atoms with Gasteiger partial charge in [-0.1, -0.05) is 44.7 Å². The van der Waals surface area contributed by atoms with E-state index in [-0.39, 0.29) is 55.1 Å². The van der Waals surface area contributed by atoms with Crippen LogP contribution in [0.1, 0.15) is 94.4 Å². The third-order valence-electron chi connectivity index (χ3n) is 16.0. The molecule has 0 amide bonds. The number of cyclic esters (lactones) is 1. The molecule has 22 atom stereocenters. The number of phenols is 1. The third kappa shape index (κ3) is 8.71. The number of esters is 1. The SMILES string of the molecule is C=C1C[C@H](C[C@@H](C)[C@@H](CO)OS(=O)(=O)O)OC(=O)[C@H]2C=CC[C@H](O2)C2C[C@]3(O)[C@H](O)[C@@H](C)CC[C@@H]3[C@@]3(O2)O[C@@H](c2cc(C)cc(O)c23)[C@@H]2CC=C[C@@H](O2)[C@@H]2CC[C@H](O2)[C@@H]2O[C@H]2[C@H]2O[C@H]1[C@@H](O)[C@@H]2O. The summed E-state index contributed by atoms with van der Waals surface area (Å²) in [6.45, 7) is 8.59. The zero-order valence-corrected chi connectivity index (χ0v) is 39.0. The lowest BCUT2D eigenvalue weighted by Crippen LogP contribution is -2.68. The molecule has 5 saturated heterocycles. The first-order valence-electron chi connectivity index (χ1n) is 24.0. The van der Waals surface area contributed by atoms with Gasteiger partial charge in [-0.15, -0.1) is 0 Å². The first kappa shape index (κ1) is 48.7. The number of aromatic hydroxyl groups is 1. The van der Waals surface area contributed by atoms with Gasteiger partial charge in [0.1, 0.15) is 72.4 Å². The Morgan fingerprint density at radius 2 is 1.62 bits per heavy atom. The van der Waals surface area contributed by atoms with Gasteiger partial charge in [-0.3, -0.25) is 4.55 Å². The van der Waals surface area contributed by atoms with Crippen LogP contribution in [-0.4, -0.2) is 159 Å². The summed E-state index contributed by atoms with van der Waals surface area (Å²) in [6, 6.07) is 3.54. The van der Waals surface area contributed by atoms with Crippen LogP contribution in [0.3, 0.4) is 0 Å². The van der Waals surface area contributed by atoms with Gasteiger partial charge in [-0.2, -0.15) is 8.42 Å². The molecule has 6 fully saturated rings. The highest BCUT2D eigenvalue weighted by Crippen LogP contribution is 2.63. The van der Waals surface area contributed by atoms with Crippen molar-refractivity contribution >= 4 is 16.4 Å². The summed E-state index contributed by atoms with van der Waals surface area (Å²) in [5, 5.41) is 69.6. The molecule has 19 nitrogen and oxygen atoms in total. The van der Waals surface area contributed by atoms with Gasteiger partial charge in [0.2, 0.25) is 5.79 Å². The van der Waals surface area contributed by atoms with E-state index in [1.807, 2.05) is 32.1 Å². The average Bonchev–Trinajstić information content (AvgIpc) is 3.63. The van der Waals surface area contributed by atoms with E-state index in [0.717, 1.165) is 5.56 Å². The van der Waals surface area contributed by atoms with Crippen LogP contribution >= 0.6 is 0 Å². The molecule has 1 aliphatic carbocycles. The number of phenolic OH excluding ortho intramolecular Hbond substituents is 1. The Morgan fingerprint density at radius 1 is 0.868 bits per heavy atom. The smallest absolute Gasteiger partial charge is 0.397 e. The van der Waals surface area contributed by atoms with Crippen LogP contribution < -0.4 is 0 Å². The fourth-order valence-electron chi connectivity index (χ4n) is 12.6. The van der Waals surface area contributed by atoms with Crippen LogP contribution in [0.25, 0.3) is 0 Å². The standard InChI is InChI=1S/C48H64O19S/c1-21-15-26-37(27(50)16-21)48-36-14-11-22(2)45(53)47(36,55)19-34(65-48)29-8-6-10-33(62-29)46(54)59-25(17-23(3)35(20-49)67-68(56,57)58)18-24(4)40-38(51)39(52)43(63-40)44-42(64-44)32-13-12-30(61-32)28-7-5-9-31(60-28)41(26)66-48/h5-7,10,15-16,22-23,25,28-36,38-45,49-53,55H,4,8-9,11-14,17-20H2,1-3H3,(H,56,57,58)/t22-,23+,25-,28+,29-,30-,31-,32-,33+,34?,35+,36-,38-,39-,40+,41-,42-,43-,44+,45+,47+,48+/m0/s1. The van der Waals surface area contributed by atoms with Crippen LogP contribution in [0, 0.1) is 24.7 Å². The molecule has 1 spiro atoms. The van der Waals surface area contributed by atoms with Crippen LogP contribution in [0.4, 0.5) is 0 Å². The molecule has 1 aromatic rings.